The van der Waals surface area contributed by atoms with Gasteiger partial charge in [-0.25, -0.2) is 0 Å². The molecule has 0 aliphatic heterocycles. The molecule has 18 heavy (non-hydrogen) atoms. The first kappa shape index (κ1) is 14.0. The number of nitrogens with zero attached hydrogens (tertiary/aromatic N) is 1. The number of halogens is 1. The van der Waals surface area contributed by atoms with E-state index in [1.807, 2.05) is 0 Å². The lowest BCUT2D eigenvalue weighted by molar-refractivity contribution is 0.0576. The van der Waals surface area contributed by atoms with E-state index >= 15 is 0 Å². The summed E-state index contributed by atoms with van der Waals surface area (Å²) < 4.78 is 1.15. The van der Waals surface area contributed by atoms with Gasteiger partial charge in [0.25, 0.3) is 0 Å². The normalized spacial score (nSPS) is 19.6. The minimum absolute atomic E-state index is 0.389. The number of likely N-dealkylation sites (N-methyl/N-ethyl adjacent to an activating group) is 1. The molecule has 1 N–H and O–H groups in total. The third kappa shape index (κ3) is 2.95. The van der Waals surface area contributed by atoms with Gasteiger partial charge in [0.1, 0.15) is 0 Å². The van der Waals surface area contributed by atoms with Crippen molar-refractivity contribution >= 4 is 15.9 Å². The Morgan fingerprint density at radius 1 is 1.39 bits per heavy atom. The van der Waals surface area contributed by atoms with Crippen LogP contribution >= 0.6 is 15.9 Å². The number of hydrogen-bond donors (Lipinski definition) is 1. The van der Waals surface area contributed by atoms with Crippen molar-refractivity contribution < 1.29 is 0 Å². The Balaban J connectivity index is 1.94. The topological polar surface area (TPSA) is 15.3 Å². The predicted octanol–water partition coefficient (Wildman–Crippen LogP) is 3.58. The summed E-state index contributed by atoms with van der Waals surface area (Å²) in [5.74, 6) is 0. The van der Waals surface area contributed by atoms with Gasteiger partial charge >= 0.3 is 0 Å². The summed E-state index contributed by atoms with van der Waals surface area (Å²) in [5.41, 5.74) is 1.73. The van der Waals surface area contributed by atoms with Crippen LogP contribution in [0.4, 0.5) is 0 Å². The molecule has 0 aromatic heterocycles. The summed E-state index contributed by atoms with van der Waals surface area (Å²) in [4.78, 5) is 2.39. The molecule has 0 spiro atoms. The molecular formula is C15H23BrN2. The first-order valence-electron chi connectivity index (χ1n) is 6.70. The van der Waals surface area contributed by atoms with Crippen LogP contribution < -0.4 is 5.32 Å². The maximum atomic E-state index is 3.69. The number of benzene rings is 1. The van der Waals surface area contributed by atoms with Gasteiger partial charge in [-0.3, -0.25) is 0 Å². The standard InChI is InChI=1S/C15H23BrN2/c1-12(13-6-4-7-14(16)10-13)17-11-15(18(2)3)8-5-9-15/h4,6-7,10,12,17H,5,8-9,11H2,1-3H3. The molecule has 1 aliphatic rings. The maximum absolute atomic E-state index is 3.69. The second-order valence-electron chi connectivity index (χ2n) is 5.63. The summed E-state index contributed by atoms with van der Waals surface area (Å²) in [6.07, 6.45) is 4.00. The minimum Gasteiger partial charge on any atom is -0.308 e. The zero-order valence-corrected chi connectivity index (χ0v) is 13.1. The van der Waals surface area contributed by atoms with Crippen molar-refractivity contribution in [2.24, 2.45) is 0 Å². The molecule has 2 nitrogen and oxygen atoms in total. The fourth-order valence-corrected chi connectivity index (χ4v) is 3.02. The van der Waals surface area contributed by atoms with E-state index in [1.54, 1.807) is 0 Å². The van der Waals surface area contributed by atoms with E-state index in [0.29, 0.717) is 11.6 Å². The first-order chi connectivity index (χ1) is 8.53. The molecular weight excluding hydrogens is 288 g/mol. The number of hydrogen-bond acceptors (Lipinski definition) is 2. The van der Waals surface area contributed by atoms with Crippen molar-refractivity contribution in [2.75, 3.05) is 20.6 Å². The van der Waals surface area contributed by atoms with Crippen molar-refractivity contribution in [3.63, 3.8) is 0 Å². The van der Waals surface area contributed by atoms with E-state index in [0.717, 1.165) is 11.0 Å². The summed E-state index contributed by atoms with van der Waals surface area (Å²) in [7, 11) is 4.40. The largest absolute Gasteiger partial charge is 0.308 e. The van der Waals surface area contributed by atoms with E-state index in [1.165, 1.54) is 24.8 Å². The molecule has 3 heteroatoms. The number of rotatable bonds is 5. The van der Waals surface area contributed by atoms with E-state index in [-0.39, 0.29) is 0 Å². The molecule has 1 aliphatic carbocycles. The molecule has 0 amide bonds. The molecule has 0 saturated heterocycles. The Bertz CT molecular complexity index is 399. The average Bonchev–Trinajstić information content (AvgIpc) is 2.26. The maximum Gasteiger partial charge on any atom is 0.0328 e. The molecule has 0 radical (unpaired) electrons. The van der Waals surface area contributed by atoms with Crippen molar-refractivity contribution in [1.29, 1.82) is 0 Å². The van der Waals surface area contributed by atoms with E-state index in [2.05, 4.69) is 71.4 Å². The molecule has 2 rings (SSSR count). The molecule has 1 saturated carbocycles. The second-order valence-corrected chi connectivity index (χ2v) is 6.55. The van der Waals surface area contributed by atoms with Crippen molar-refractivity contribution in [3.8, 4) is 0 Å². The predicted molar refractivity (Wildman–Crippen MR) is 80.8 cm³/mol. The van der Waals surface area contributed by atoms with Crippen LogP contribution in [-0.2, 0) is 0 Å². The van der Waals surface area contributed by atoms with Crippen LogP contribution in [0, 0.1) is 0 Å². The van der Waals surface area contributed by atoms with Gasteiger partial charge in [0.15, 0.2) is 0 Å². The molecule has 0 heterocycles. The molecule has 1 fully saturated rings. The molecule has 1 unspecified atom stereocenters. The Kier molecular flexibility index (Phi) is 4.46. The van der Waals surface area contributed by atoms with Crippen LogP contribution in [0.3, 0.4) is 0 Å². The lowest BCUT2D eigenvalue weighted by Gasteiger charge is -2.48. The summed E-state index contributed by atoms with van der Waals surface area (Å²) in [6.45, 7) is 3.32. The molecule has 1 atom stereocenters. The summed E-state index contributed by atoms with van der Waals surface area (Å²) in [5, 5.41) is 3.69. The first-order valence-corrected chi connectivity index (χ1v) is 7.49. The zero-order valence-electron chi connectivity index (χ0n) is 11.5. The van der Waals surface area contributed by atoms with Crippen LogP contribution in [0.5, 0.6) is 0 Å². The average molecular weight is 311 g/mol. The zero-order chi connectivity index (χ0) is 13.2. The molecule has 0 bridgehead atoms. The third-order valence-electron chi connectivity index (χ3n) is 4.32. The highest BCUT2D eigenvalue weighted by atomic mass is 79.9. The quantitative estimate of drug-likeness (QED) is 0.894. The fraction of sp³-hybridized carbons (Fsp3) is 0.600. The van der Waals surface area contributed by atoms with Gasteiger partial charge in [-0.15, -0.1) is 0 Å². The Hall–Kier alpha value is -0.380. The van der Waals surface area contributed by atoms with E-state index < -0.39 is 0 Å². The van der Waals surface area contributed by atoms with Crippen molar-refractivity contribution in [1.82, 2.24) is 10.2 Å². The molecule has 1 aromatic carbocycles. The van der Waals surface area contributed by atoms with Gasteiger partial charge in [-0.05, 0) is 58.0 Å². The smallest absolute Gasteiger partial charge is 0.0328 e. The Morgan fingerprint density at radius 2 is 2.11 bits per heavy atom. The number of nitrogens with one attached hydrogen (secondary N) is 1. The second kappa shape index (κ2) is 5.72. The van der Waals surface area contributed by atoms with Crippen LogP contribution in [0.25, 0.3) is 0 Å². The van der Waals surface area contributed by atoms with Gasteiger partial charge in [-0.1, -0.05) is 28.1 Å². The van der Waals surface area contributed by atoms with Crippen molar-refractivity contribution in [3.05, 3.63) is 34.3 Å². The van der Waals surface area contributed by atoms with Gasteiger partial charge in [0.05, 0.1) is 0 Å². The highest BCUT2D eigenvalue weighted by Crippen LogP contribution is 2.36. The SMILES string of the molecule is CC(NCC1(N(C)C)CCC1)c1cccc(Br)c1. The van der Waals surface area contributed by atoms with E-state index in [9.17, 15) is 0 Å². The minimum atomic E-state index is 0.389. The van der Waals surface area contributed by atoms with Crippen LogP contribution in [-0.4, -0.2) is 31.1 Å². The molecule has 1 aromatic rings. The lowest BCUT2D eigenvalue weighted by Crippen LogP contribution is -2.56. The van der Waals surface area contributed by atoms with Crippen LogP contribution in [0.1, 0.15) is 37.8 Å². The fourth-order valence-electron chi connectivity index (χ4n) is 2.60. The van der Waals surface area contributed by atoms with Gasteiger partial charge in [0.2, 0.25) is 0 Å². The van der Waals surface area contributed by atoms with Gasteiger partial charge < -0.3 is 10.2 Å². The van der Waals surface area contributed by atoms with Crippen LogP contribution in [0.15, 0.2) is 28.7 Å². The van der Waals surface area contributed by atoms with E-state index in [4.69, 9.17) is 0 Å². The summed E-state index contributed by atoms with van der Waals surface area (Å²) in [6, 6.07) is 8.96. The lowest BCUT2D eigenvalue weighted by atomic mass is 9.75. The molecule has 100 valence electrons. The Morgan fingerprint density at radius 3 is 2.61 bits per heavy atom. The monoisotopic (exact) mass is 310 g/mol. The third-order valence-corrected chi connectivity index (χ3v) is 4.81. The highest BCUT2D eigenvalue weighted by molar-refractivity contribution is 9.10. The van der Waals surface area contributed by atoms with Crippen LogP contribution in [0.2, 0.25) is 0 Å². The summed E-state index contributed by atoms with van der Waals surface area (Å²) >= 11 is 3.53. The van der Waals surface area contributed by atoms with Crippen molar-refractivity contribution in [2.45, 2.75) is 37.8 Å². The Labute approximate surface area is 119 Å². The van der Waals surface area contributed by atoms with Gasteiger partial charge in [-0.2, -0.15) is 0 Å². The highest BCUT2D eigenvalue weighted by Gasteiger charge is 2.38. The van der Waals surface area contributed by atoms with Gasteiger partial charge in [0, 0.05) is 22.6 Å².